The molecular formula is C20H25ClN2O5S. The van der Waals surface area contributed by atoms with E-state index in [0.29, 0.717) is 29.5 Å². The maximum absolute atomic E-state index is 12.5. The molecule has 0 atom stereocenters. The van der Waals surface area contributed by atoms with Gasteiger partial charge in [0.25, 0.3) is 0 Å². The molecule has 2 rings (SSSR count). The number of hydrogen-bond acceptors (Lipinski definition) is 5. The molecule has 0 saturated heterocycles. The lowest BCUT2D eigenvalue weighted by Gasteiger charge is -2.17. The Morgan fingerprint density at radius 3 is 2.34 bits per heavy atom. The zero-order valence-electron chi connectivity index (χ0n) is 16.6. The SMILES string of the molecule is COc1ccc(CCCNC(=O)CN(C)S(=O)(=O)c2ccc(Cl)cc2)cc1OC. The van der Waals surface area contributed by atoms with Crippen molar-refractivity contribution < 1.29 is 22.7 Å². The number of ether oxygens (including phenoxy) is 2. The molecule has 158 valence electrons. The lowest BCUT2D eigenvalue weighted by Crippen LogP contribution is -2.38. The molecule has 1 N–H and O–H groups in total. The average molecular weight is 441 g/mol. The summed E-state index contributed by atoms with van der Waals surface area (Å²) in [5.41, 5.74) is 1.05. The molecule has 1 amide bonds. The number of hydrogen-bond donors (Lipinski definition) is 1. The van der Waals surface area contributed by atoms with E-state index >= 15 is 0 Å². The summed E-state index contributed by atoms with van der Waals surface area (Å²) in [6.45, 7) is 0.170. The summed E-state index contributed by atoms with van der Waals surface area (Å²) in [5.74, 6) is 0.954. The van der Waals surface area contributed by atoms with Crippen molar-refractivity contribution in [2.24, 2.45) is 0 Å². The van der Waals surface area contributed by atoms with Crippen LogP contribution in [0.15, 0.2) is 47.4 Å². The van der Waals surface area contributed by atoms with Gasteiger partial charge in [-0.2, -0.15) is 4.31 Å². The van der Waals surface area contributed by atoms with Crippen molar-refractivity contribution in [1.82, 2.24) is 9.62 Å². The van der Waals surface area contributed by atoms with E-state index in [1.807, 2.05) is 18.2 Å². The van der Waals surface area contributed by atoms with Gasteiger partial charge in [0.15, 0.2) is 11.5 Å². The molecule has 0 aliphatic heterocycles. The Labute approximate surface area is 176 Å². The first-order valence-electron chi connectivity index (χ1n) is 8.97. The Balaban J connectivity index is 1.81. The third kappa shape index (κ3) is 6.35. The quantitative estimate of drug-likeness (QED) is 0.574. The Morgan fingerprint density at radius 1 is 1.07 bits per heavy atom. The second kappa shape index (κ2) is 10.5. The minimum absolute atomic E-state index is 0.0886. The molecule has 0 aliphatic carbocycles. The number of carbonyl (C=O) groups excluding carboxylic acids is 1. The topological polar surface area (TPSA) is 84.9 Å². The fourth-order valence-corrected chi connectivity index (χ4v) is 3.94. The van der Waals surface area contributed by atoms with Gasteiger partial charge in [-0.3, -0.25) is 4.79 Å². The molecule has 7 nitrogen and oxygen atoms in total. The summed E-state index contributed by atoms with van der Waals surface area (Å²) in [6.07, 6.45) is 1.44. The van der Waals surface area contributed by atoms with Crippen molar-refractivity contribution >= 4 is 27.5 Å². The number of sulfonamides is 1. The lowest BCUT2D eigenvalue weighted by molar-refractivity contribution is -0.121. The molecule has 0 fully saturated rings. The smallest absolute Gasteiger partial charge is 0.243 e. The van der Waals surface area contributed by atoms with E-state index in [1.54, 1.807) is 14.2 Å². The van der Waals surface area contributed by atoms with Gasteiger partial charge >= 0.3 is 0 Å². The molecule has 0 heterocycles. The first-order valence-corrected chi connectivity index (χ1v) is 10.8. The molecule has 0 saturated carbocycles. The summed E-state index contributed by atoms with van der Waals surface area (Å²) in [4.78, 5) is 12.2. The third-order valence-corrected chi connectivity index (χ3v) is 6.37. The van der Waals surface area contributed by atoms with E-state index in [0.717, 1.165) is 16.3 Å². The first-order chi connectivity index (χ1) is 13.8. The second-order valence-corrected chi connectivity index (χ2v) is 8.84. The predicted octanol–water partition coefficient (Wildman–Crippen LogP) is 2.73. The van der Waals surface area contributed by atoms with Crippen molar-refractivity contribution in [1.29, 1.82) is 0 Å². The highest BCUT2D eigenvalue weighted by Crippen LogP contribution is 2.27. The van der Waals surface area contributed by atoms with Gasteiger partial charge in [0.2, 0.25) is 15.9 Å². The highest BCUT2D eigenvalue weighted by Gasteiger charge is 2.22. The van der Waals surface area contributed by atoms with Crippen LogP contribution in [0.5, 0.6) is 11.5 Å². The number of halogens is 1. The number of amides is 1. The summed E-state index contributed by atoms with van der Waals surface area (Å²) in [5, 5.41) is 3.19. The molecule has 0 bridgehead atoms. The highest BCUT2D eigenvalue weighted by molar-refractivity contribution is 7.89. The first kappa shape index (κ1) is 23.0. The van der Waals surface area contributed by atoms with Gasteiger partial charge in [-0.1, -0.05) is 17.7 Å². The molecular weight excluding hydrogens is 416 g/mol. The van der Waals surface area contributed by atoms with Crippen LogP contribution in [0.25, 0.3) is 0 Å². The predicted molar refractivity (Wildman–Crippen MR) is 112 cm³/mol. The molecule has 0 unspecified atom stereocenters. The number of likely N-dealkylation sites (N-methyl/N-ethyl adjacent to an activating group) is 1. The minimum atomic E-state index is -3.75. The van der Waals surface area contributed by atoms with Gasteiger partial charge in [0.05, 0.1) is 25.7 Å². The van der Waals surface area contributed by atoms with Crippen LogP contribution in [-0.4, -0.2) is 53.0 Å². The standard InChI is InChI=1S/C20H25ClN2O5S/c1-23(29(25,26)17-9-7-16(21)8-10-17)14-20(24)22-12-4-5-15-6-11-18(27-2)19(13-15)28-3/h6-11,13H,4-5,12,14H2,1-3H3,(H,22,24). The summed E-state index contributed by atoms with van der Waals surface area (Å²) >= 11 is 5.79. The number of rotatable bonds is 10. The zero-order valence-corrected chi connectivity index (χ0v) is 18.2. The van der Waals surface area contributed by atoms with E-state index < -0.39 is 10.0 Å². The van der Waals surface area contributed by atoms with Crippen LogP contribution < -0.4 is 14.8 Å². The normalized spacial score (nSPS) is 11.3. The number of benzene rings is 2. The molecule has 9 heteroatoms. The van der Waals surface area contributed by atoms with Gasteiger partial charge in [-0.05, 0) is 54.8 Å². The number of nitrogens with one attached hydrogen (secondary N) is 1. The molecule has 2 aromatic rings. The molecule has 0 spiro atoms. The molecule has 0 radical (unpaired) electrons. The van der Waals surface area contributed by atoms with Crippen LogP contribution in [0.3, 0.4) is 0 Å². The fraction of sp³-hybridized carbons (Fsp3) is 0.350. The highest BCUT2D eigenvalue weighted by atomic mass is 35.5. The number of aryl methyl sites for hydroxylation is 1. The average Bonchev–Trinajstić information content (AvgIpc) is 2.71. The van der Waals surface area contributed by atoms with Crippen LogP contribution in [0, 0.1) is 0 Å². The van der Waals surface area contributed by atoms with Crippen LogP contribution in [0.2, 0.25) is 5.02 Å². The van der Waals surface area contributed by atoms with Gasteiger partial charge in [0.1, 0.15) is 0 Å². The number of methoxy groups -OCH3 is 2. The van der Waals surface area contributed by atoms with Crippen LogP contribution in [0.4, 0.5) is 0 Å². The van der Waals surface area contributed by atoms with Gasteiger partial charge < -0.3 is 14.8 Å². The largest absolute Gasteiger partial charge is 0.493 e. The zero-order chi connectivity index (χ0) is 21.4. The number of carbonyl (C=O) groups is 1. The third-order valence-electron chi connectivity index (χ3n) is 4.30. The molecule has 29 heavy (non-hydrogen) atoms. The molecule has 0 aromatic heterocycles. The Morgan fingerprint density at radius 2 is 1.72 bits per heavy atom. The Hall–Kier alpha value is -2.29. The minimum Gasteiger partial charge on any atom is -0.493 e. The number of nitrogens with zero attached hydrogens (tertiary/aromatic N) is 1. The van der Waals surface area contributed by atoms with Gasteiger partial charge in [0, 0.05) is 18.6 Å². The van der Waals surface area contributed by atoms with E-state index in [-0.39, 0.29) is 17.3 Å². The van der Waals surface area contributed by atoms with Crippen molar-refractivity contribution in [2.75, 3.05) is 34.4 Å². The van der Waals surface area contributed by atoms with Crippen molar-refractivity contribution in [3.63, 3.8) is 0 Å². The van der Waals surface area contributed by atoms with Gasteiger partial charge in [-0.15, -0.1) is 0 Å². The fourth-order valence-electron chi connectivity index (χ4n) is 2.69. The summed E-state index contributed by atoms with van der Waals surface area (Å²) in [7, 11) is 0.778. The van der Waals surface area contributed by atoms with Crippen molar-refractivity contribution in [2.45, 2.75) is 17.7 Å². The lowest BCUT2D eigenvalue weighted by atomic mass is 10.1. The van der Waals surface area contributed by atoms with Crippen LogP contribution >= 0.6 is 11.6 Å². The van der Waals surface area contributed by atoms with E-state index in [1.165, 1.54) is 31.3 Å². The van der Waals surface area contributed by atoms with E-state index in [2.05, 4.69) is 5.32 Å². The maximum atomic E-state index is 12.5. The van der Waals surface area contributed by atoms with E-state index in [9.17, 15) is 13.2 Å². The maximum Gasteiger partial charge on any atom is 0.243 e. The van der Waals surface area contributed by atoms with Crippen molar-refractivity contribution in [3.8, 4) is 11.5 Å². The van der Waals surface area contributed by atoms with Crippen molar-refractivity contribution in [3.05, 3.63) is 53.1 Å². The Bertz CT molecular complexity index is 932. The van der Waals surface area contributed by atoms with Gasteiger partial charge in [-0.25, -0.2) is 8.42 Å². The Kier molecular flexibility index (Phi) is 8.31. The van der Waals surface area contributed by atoms with Crippen LogP contribution in [0.1, 0.15) is 12.0 Å². The van der Waals surface area contributed by atoms with E-state index in [4.69, 9.17) is 21.1 Å². The molecule has 2 aromatic carbocycles. The second-order valence-electron chi connectivity index (χ2n) is 6.36. The monoisotopic (exact) mass is 440 g/mol. The summed E-state index contributed by atoms with van der Waals surface area (Å²) in [6, 6.07) is 11.5. The van der Waals surface area contributed by atoms with Crippen LogP contribution in [-0.2, 0) is 21.2 Å². The molecule has 0 aliphatic rings. The summed E-state index contributed by atoms with van der Waals surface area (Å²) < 4.78 is 36.5.